The third-order valence-electron chi connectivity index (χ3n) is 3.40. The van der Waals surface area contributed by atoms with Gasteiger partial charge in [0.15, 0.2) is 17.9 Å². The number of para-hydroxylation sites is 4. The average molecular weight is 390 g/mol. The Kier molecular flexibility index (Phi) is 7.73. The van der Waals surface area contributed by atoms with Crippen molar-refractivity contribution in [2.45, 2.75) is 20.8 Å². The fourth-order valence-electron chi connectivity index (χ4n) is 2.28. The quantitative estimate of drug-likeness (QED) is 0.404. The molecule has 4 aromatic rings. The maximum Gasteiger partial charge on any atom is 0.185 e. The normalized spacial score (nSPS) is 10.2. The summed E-state index contributed by atoms with van der Waals surface area (Å²) in [6.45, 7) is 4.57. The van der Waals surface area contributed by atoms with Crippen LogP contribution in [0.3, 0.4) is 0 Å². The molecule has 148 valence electrons. The van der Waals surface area contributed by atoms with Crippen LogP contribution in [0.5, 0.6) is 0 Å². The van der Waals surface area contributed by atoms with Crippen LogP contribution in [-0.4, -0.2) is 37.8 Å². The Morgan fingerprint density at radius 1 is 0.793 bits per heavy atom. The number of aldehydes is 1. The number of aromatic nitrogens is 4. The fraction of sp³-hybridized carbons (Fsp3) is 0.136. The van der Waals surface area contributed by atoms with Crippen LogP contribution in [0.1, 0.15) is 37.2 Å². The predicted octanol–water partition coefficient (Wildman–Crippen LogP) is 4.14. The van der Waals surface area contributed by atoms with E-state index in [9.17, 15) is 14.4 Å². The van der Waals surface area contributed by atoms with Gasteiger partial charge >= 0.3 is 0 Å². The van der Waals surface area contributed by atoms with E-state index in [-0.39, 0.29) is 11.6 Å². The third-order valence-corrected chi connectivity index (χ3v) is 3.40. The van der Waals surface area contributed by atoms with Crippen molar-refractivity contribution in [3.05, 3.63) is 66.3 Å². The van der Waals surface area contributed by atoms with Crippen molar-refractivity contribution in [3.8, 4) is 0 Å². The van der Waals surface area contributed by atoms with Crippen LogP contribution < -0.4 is 0 Å². The molecule has 0 aliphatic carbocycles. The maximum atomic E-state index is 10.7. The molecule has 0 fully saturated rings. The number of H-pyrrole nitrogens is 2. The summed E-state index contributed by atoms with van der Waals surface area (Å²) in [5.74, 6) is 1.28. The van der Waals surface area contributed by atoms with Gasteiger partial charge < -0.3 is 14.8 Å². The number of nitrogens with one attached hydrogen (secondary N) is 2. The van der Waals surface area contributed by atoms with Crippen LogP contribution >= 0.6 is 0 Å². The Morgan fingerprint density at radius 3 is 1.69 bits per heavy atom. The van der Waals surface area contributed by atoms with E-state index < -0.39 is 0 Å². The van der Waals surface area contributed by atoms with Crippen LogP contribution in [0.25, 0.3) is 28.1 Å². The number of fused-ring (bicyclic) bond motifs is 2. The lowest BCUT2D eigenvalue weighted by Gasteiger charge is -1.81. The van der Waals surface area contributed by atoms with Gasteiger partial charge in [0.2, 0.25) is 0 Å². The minimum Gasteiger partial charge on any atom is -0.338 e. The molecule has 2 N–H and O–H groups in total. The van der Waals surface area contributed by atoms with Gasteiger partial charge in [-0.3, -0.25) is 9.59 Å². The first-order valence-electron chi connectivity index (χ1n) is 8.89. The molecule has 0 bridgehead atoms. The number of carbonyl (C=O) groups is 3. The molecule has 4 rings (SSSR count). The highest BCUT2D eigenvalue weighted by Crippen LogP contribution is 2.11. The van der Waals surface area contributed by atoms with Crippen molar-refractivity contribution in [1.82, 2.24) is 19.9 Å². The molecule has 7 nitrogen and oxygen atoms in total. The molecule has 0 saturated carbocycles. The number of aromatic amines is 2. The minimum atomic E-state index is 0.0189. The van der Waals surface area contributed by atoms with E-state index in [0.29, 0.717) is 17.9 Å². The van der Waals surface area contributed by atoms with Crippen LogP contribution in [-0.2, 0) is 9.59 Å². The van der Waals surface area contributed by atoms with Gasteiger partial charge in [-0.15, -0.1) is 0 Å². The van der Waals surface area contributed by atoms with Gasteiger partial charge in [0.05, 0.1) is 22.1 Å². The Labute approximate surface area is 167 Å². The van der Waals surface area contributed by atoms with Crippen molar-refractivity contribution in [2.24, 2.45) is 0 Å². The van der Waals surface area contributed by atoms with Crippen molar-refractivity contribution in [2.75, 3.05) is 0 Å². The number of carbonyl (C=O) groups excluding carboxylic acids is 3. The molecule has 2 aromatic heterocycles. The number of allylic oxidation sites excluding steroid dienone is 1. The lowest BCUT2D eigenvalue weighted by Crippen LogP contribution is -1.81. The van der Waals surface area contributed by atoms with E-state index in [1.165, 1.54) is 26.8 Å². The van der Waals surface area contributed by atoms with E-state index in [4.69, 9.17) is 0 Å². The smallest absolute Gasteiger partial charge is 0.185 e. The van der Waals surface area contributed by atoms with E-state index in [2.05, 4.69) is 19.9 Å². The monoisotopic (exact) mass is 390 g/mol. The molecule has 0 amide bonds. The Balaban J connectivity index is 0.000000179. The van der Waals surface area contributed by atoms with Crippen LogP contribution in [0.15, 0.2) is 54.6 Å². The summed E-state index contributed by atoms with van der Waals surface area (Å²) in [7, 11) is 0. The third kappa shape index (κ3) is 6.99. The standard InChI is InChI=1S/C11H10N2O.C8H6N2O.C3H6O/c1-8(14)6-7-11-12-9-4-2-3-5-10(9)13-11;11-5-8-9-6-3-1-2-4-7(6)10-8;1-3(2)4/h2-7H,1H3,(H,12,13);1-5H,(H,9,10);1-2H3/b7-6+;;. The number of ketones is 2. The summed E-state index contributed by atoms with van der Waals surface area (Å²) in [5.41, 5.74) is 3.62. The average Bonchev–Trinajstić information content (AvgIpc) is 3.29. The summed E-state index contributed by atoms with van der Waals surface area (Å²) >= 11 is 0. The number of imidazole rings is 2. The molecular formula is C22H22N4O3. The molecule has 0 aliphatic rings. The SMILES string of the molecule is CC(=O)/C=C/c1nc2ccccc2[nH]1.CC(C)=O.O=Cc1nc2ccccc2[nH]1. The molecule has 0 aliphatic heterocycles. The molecule has 0 radical (unpaired) electrons. The Hall–Kier alpha value is -3.87. The van der Waals surface area contributed by atoms with Crippen molar-refractivity contribution in [3.63, 3.8) is 0 Å². The fourth-order valence-corrected chi connectivity index (χ4v) is 2.28. The van der Waals surface area contributed by atoms with E-state index in [1.807, 2.05) is 48.5 Å². The second kappa shape index (κ2) is 10.5. The molecule has 2 aromatic carbocycles. The second-order valence-corrected chi connectivity index (χ2v) is 6.25. The summed E-state index contributed by atoms with van der Waals surface area (Å²) in [5, 5.41) is 0. The van der Waals surface area contributed by atoms with Gasteiger partial charge in [-0.2, -0.15) is 0 Å². The zero-order valence-electron chi connectivity index (χ0n) is 16.5. The number of benzene rings is 2. The van der Waals surface area contributed by atoms with Crippen molar-refractivity contribution in [1.29, 1.82) is 0 Å². The number of rotatable bonds is 3. The highest BCUT2D eigenvalue weighted by molar-refractivity contribution is 5.91. The topological polar surface area (TPSA) is 109 Å². The minimum absolute atomic E-state index is 0.0189. The number of hydrogen-bond donors (Lipinski definition) is 2. The van der Waals surface area contributed by atoms with Crippen LogP contribution in [0.4, 0.5) is 0 Å². The van der Waals surface area contributed by atoms with E-state index >= 15 is 0 Å². The van der Waals surface area contributed by atoms with Gasteiger partial charge in [-0.05, 0) is 57.2 Å². The summed E-state index contributed by atoms with van der Waals surface area (Å²) in [4.78, 5) is 44.7. The van der Waals surface area contributed by atoms with Crippen molar-refractivity contribution >= 4 is 46.0 Å². The molecule has 0 atom stereocenters. The first kappa shape index (κ1) is 21.4. The van der Waals surface area contributed by atoms with Gasteiger partial charge in [0, 0.05) is 0 Å². The van der Waals surface area contributed by atoms with Crippen LogP contribution in [0, 0.1) is 0 Å². The first-order valence-corrected chi connectivity index (χ1v) is 8.89. The van der Waals surface area contributed by atoms with Gasteiger partial charge in [-0.25, -0.2) is 9.97 Å². The van der Waals surface area contributed by atoms with E-state index in [1.54, 1.807) is 6.08 Å². The molecular weight excluding hydrogens is 368 g/mol. The summed E-state index contributed by atoms with van der Waals surface area (Å²) < 4.78 is 0. The van der Waals surface area contributed by atoms with E-state index in [0.717, 1.165) is 22.1 Å². The highest BCUT2D eigenvalue weighted by Gasteiger charge is 1.98. The first-order chi connectivity index (χ1) is 13.9. The predicted molar refractivity (Wildman–Crippen MR) is 114 cm³/mol. The van der Waals surface area contributed by atoms with Gasteiger partial charge in [-0.1, -0.05) is 24.3 Å². The Bertz CT molecular complexity index is 1090. The molecule has 0 saturated heterocycles. The molecule has 0 spiro atoms. The zero-order chi connectivity index (χ0) is 21.2. The number of Topliss-reactive ketones (excluding diaryl/α,β-unsaturated/α-hetero) is 1. The van der Waals surface area contributed by atoms with Gasteiger partial charge in [0.1, 0.15) is 11.6 Å². The zero-order valence-corrected chi connectivity index (χ0v) is 16.5. The van der Waals surface area contributed by atoms with Gasteiger partial charge in [0.25, 0.3) is 0 Å². The number of nitrogens with zero attached hydrogens (tertiary/aromatic N) is 2. The largest absolute Gasteiger partial charge is 0.338 e. The molecule has 0 unspecified atom stereocenters. The lowest BCUT2D eigenvalue weighted by atomic mass is 10.3. The number of hydrogen-bond acceptors (Lipinski definition) is 5. The second-order valence-electron chi connectivity index (χ2n) is 6.25. The lowest BCUT2D eigenvalue weighted by molar-refractivity contribution is -0.115. The molecule has 2 heterocycles. The highest BCUT2D eigenvalue weighted by atomic mass is 16.1. The maximum absolute atomic E-state index is 10.7. The summed E-state index contributed by atoms with van der Waals surface area (Å²) in [6, 6.07) is 15.3. The molecule has 29 heavy (non-hydrogen) atoms. The van der Waals surface area contributed by atoms with Crippen molar-refractivity contribution < 1.29 is 14.4 Å². The summed E-state index contributed by atoms with van der Waals surface area (Å²) in [6.07, 6.45) is 3.89. The molecule has 7 heteroatoms. The van der Waals surface area contributed by atoms with Crippen LogP contribution in [0.2, 0.25) is 0 Å². The Morgan fingerprint density at radius 2 is 1.24 bits per heavy atom.